The van der Waals surface area contributed by atoms with E-state index in [9.17, 15) is 0 Å². The van der Waals surface area contributed by atoms with E-state index >= 15 is 0 Å². The van der Waals surface area contributed by atoms with Crippen LogP contribution in [-0.4, -0.2) is 11.2 Å². The monoisotopic (exact) mass is 238 g/mol. The Morgan fingerprint density at radius 1 is 1.22 bits per heavy atom. The summed E-state index contributed by atoms with van der Waals surface area (Å²) in [7, 11) is 0. The van der Waals surface area contributed by atoms with Gasteiger partial charge in [-0.05, 0) is 24.6 Å². The fourth-order valence-electron chi connectivity index (χ4n) is 2.22. The van der Waals surface area contributed by atoms with Crippen LogP contribution in [0.25, 0.3) is 0 Å². The molecule has 0 fully saturated rings. The lowest BCUT2D eigenvalue weighted by Crippen LogP contribution is -2.24. The summed E-state index contributed by atoms with van der Waals surface area (Å²) in [5.41, 5.74) is 2.35. The predicted molar refractivity (Wildman–Crippen MR) is 71.2 cm³/mol. The summed E-state index contributed by atoms with van der Waals surface area (Å²) in [5.74, 6) is 0.900. The second-order valence-electron chi connectivity index (χ2n) is 4.15. The summed E-state index contributed by atoms with van der Waals surface area (Å²) in [5, 5.41) is 6.38. The fraction of sp³-hybridized carbons (Fsp3) is 0.133. The summed E-state index contributed by atoms with van der Waals surface area (Å²) < 4.78 is 5.56. The number of nitrogens with zero attached hydrogens (tertiary/aromatic N) is 2. The molecule has 3 nitrogen and oxygen atoms in total. The van der Waals surface area contributed by atoms with Gasteiger partial charge in [-0.2, -0.15) is 5.10 Å². The maximum atomic E-state index is 5.56. The number of rotatable bonds is 2. The van der Waals surface area contributed by atoms with Crippen molar-refractivity contribution in [3.8, 4) is 0 Å². The van der Waals surface area contributed by atoms with Crippen molar-refractivity contribution in [3.05, 3.63) is 71.8 Å². The number of allylic oxidation sites excluding steroid dienone is 1. The quantitative estimate of drug-likeness (QED) is 0.800. The average Bonchev–Trinajstić information content (AvgIpc) is 2.92. The first-order chi connectivity index (χ1) is 8.90. The Bertz CT molecular complexity index is 584. The zero-order valence-corrected chi connectivity index (χ0v) is 10.2. The molecule has 2 heterocycles. The van der Waals surface area contributed by atoms with E-state index in [1.807, 2.05) is 54.7 Å². The molecule has 1 aliphatic rings. The first-order valence-electron chi connectivity index (χ1n) is 5.97. The minimum atomic E-state index is 0.0115. The van der Waals surface area contributed by atoms with Crippen LogP contribution in [0.3, 0.4) is 0 Å². The molecule has 1 atom stereocenters. The third-order valence-electron chi connectivity index (χ3n) is 3.00. The van der Waals surface area contributed by atoms with Gasteiger partial charge in [0.25, 0.3) is 0 Å². The molecule has 0 amide bonds. The van der Waals surface area contributed by atoms with E-state index in [4.69, 9.17) is 4.42 Å². The molecule has 0 saturated carbocycles. The van der Waals surface area contributed by atoms with Crippen molar-refractivity contribution in [1.82, 2.24) is 5.01 Å². The highest BCUT2D eigenvalue weighted by Gasteiger charge is 2.26. The molecular formula is C15H14N2O. The summed E-state index contributed by atoms with van der Waals surface area (Å²) in [6, 6.07) is 12.2. The minimum Gasteiger partial charge on any atom is -0.467 e. The molecule has 0 spiro atoms. The number of furan rings is 1. The van der Waals surface area contributed by atoms with Crippen molar-refractivity contribution >= 4 is 6.21 Å². The van der Waals surface area contributed by atoms with Crippen LogP contribution in [0.1, 0.15) is 29.9 Å². The molecule has 18 heavy (non-hydrogen) atoms. The fourth-order valence-corrected chi connectivity index (χ4v) is 2.22. The Balaban J connectivity index is 2.13. The first kappa shape index (κ1) is 10.8. The molecule has 1 aliphatic heterocycles. The second-order valence-corrected chi connectivity index (χ2v) is 4.15. The van der Waals surface area contributed by atoms with Crippen LogP contribution in [0.5, 0.6) is 0 Å². The third kappa shape index (κ3) is 1.74. The smallest absolute Gasteiger partial charge is 0.135 e. The van der Waals surface area contributed by atoms with E-state index in [-0.39, 0.29) is 6.04 Å². The molecule has 1 aromatic carbocycles. The van der Waals surface area contributed by atoms with Crippen LogP contribution < -0.4 is 0 Å². The first-order valence-corrected chi connectivity index (χ1v) is 5.97. The van der Waals surface area contributed by atoms with Crippen LogP contribution in [0.2, 0.25) is 0 Å². The Hall–Kier alpha value is -2.29. The van der Waals surface area contributed by atoms with Crippen LogP contribution in [0.15, 0.2) is 64.5 Å². The van der Waals surface area contributed by atoms with Gasteiger partial charge >= 0.3 is 0 Å². The molecule has 0 aliphatic carbocycles. The summed E-state index contributed by atoms with van der Waals surface area (Å²) >= 11 is 0. The van der Waals surface area contributed by atoms with Gasteiger partial charge in [0.05, 0.1) is 12.5 Å². The van der Waals surface area contributed by atoms with Crippen LogP contribution in [0, 0.1) is 0 Å². The van der Waals surface area contributed by atoms with Gasteiger partial charge in [-0.15, -0.1) is 0 Å². The molecule has 0 N–H and O–H groups in total. The molecule has 0 bridgehead atoms. The highest BCUT2D eigenvalue weighted by atomic mass is 16.3. The van der Waals surface area contributed by atoms with E-state index in [0.717, 1.165) is 11.3 Å². The van der Waals surface area contributed by atoms with Crippen molar-refractivity contribution in [2.75, 3.05) is 0 Å². The minimum absolute atomic E-state index is 0.0115. The predicted octanol–water partition coefficient (Wildman–Crippen LogP) is 3.55. The molecule has 0 saturated heterocycles. The third-order valence-corrected chi connectivity index (χ3v) is 3.00. The zero-order chi connectivity index (χ0) is 12.4. The summed E-state index contributed by atoms with van der Waals surface area (Å²) in [6.45, 7) is 1.98. The van der Waals surface area contributed by atoms with Gasteiger partial charge < -0.3 is 4.42 Å². The highest BCUT2D eigenvalue weighted by molar-refractivity contribution is 5.83. The standard InChI is InChI=1S/C15H14N2O/c1-2-9-17-15(14-8-5-10-18-14)13-7-4-3-6-12(13)11-16-17/h2-11,15H,1H3/t15-/m1/s1. The average molecular weight is 238 g/mol. The van der Waals surface area contributed by atoms with Gasteiger partial charge in [0, 0.05) is 11.8 Å². The van der Waals surface area contributed by atoms with E-state index in [0.29, 0.717) is 0 Å². The van der Waals surface area contributed by atoms with Crippen molar-refractivity contribution in [1.29, 1.82) is 0 Å². The van der Waals surface area contributed by atoms with Gasteiger partial charge in [0.2, 0.25) is 0 Å². The van der Waals surface area contributed by atoms with Crippen molar-refractivity contribution in [2.24, 2.45) is 5.10 Å². The Labute approximate surface area is 106 Å². The zero-order valence-electron chi connectivity index (χ0n) is 10.2. The van der Waals surface area contributed by atoms with Crippen molar-refractivity contribution in [2.45, 2.75) is 13.0 Å². The molecule has 2 aromatic rings. The maximum Gasteiger partial charge on any atom is 0.135 e. The molecule has 90 valence electrons. The molecule has 0 unspecified atom stereocenters. The number of hydrazone groups is 1. The Morgan fingerprint density at radius 3 is 2.89 bits per heavy atom. The van der Waals surface area contributed by atoms with Gasteiger partial charge in [-0.3, -0.25) is 5.01 Å². The number of fused-ring (bicyclic) bond motifs is 1. The lowest BCUT2D eigenvalue weighted by atomic mass is 9.97. The number of hydrogen-bond donors (Lipinski definition) is 0. The highest BCUT2D eigenvalue weighted by Crippen LogP contribution is 2.33. The largest absolute Gasteiger partial charge is 0.467 e. The maximum absolute atomic E-state index is 5.56. The lowest BCUT2D eigenvalue weighted by Gasteiger charge is -2.29. The topological polar surface area (TPSA) is 28.7 Å². The van der Waals surface area contributed by atoms with Crippen LogP contribution >= 0.6 is 0 Å². The van der Waals surface area contributed by atoms with Gasteiger partial charge in [0.15, 0.2) is 0 Å². The van der Waals surface area contributed by atoms with Crippen LogP contribution in [0.4, 0.5) is 0 Å². The number of hydrogen-bond acceptors (Lipinski definition) is 3. The van der Waals surface area contributed by atoms with Crippen molar-refractivity contribution in [3.63, 3.8) is 0 Å². The van der Waals surface area contributed by atoms with E-state index in [1.54, 1.807) is 6.26 Å². The summed E-state index contributed by atoms with van der Waals surface area (Å²) in [6.07, 6.45) is 7.51. The van der Waals surface area contributed by atoms with E-state index in [2.05, 4.69) is 17.2 Å². The summed E-state index contributed by atoms with van der Waals surface area (Å²) in [4.78, 5) is 0. The molecule has 3 rings (SSSR count). The van der Waals surface area contributed by atoms with Crippen LogP contribution in [-0.2, 0) is 0 Å². The van der Waals surface area contributed by atoms with Gasteiger partial charge in [-0.25, -0.2) is 0 Å². The SMILES string of the molecule is CC=CN1N=Cc2ccccc2[C@@H]1c1ccco1. The lowest BCUT2D eigenvalue weighted by molar-refractivity contribution is 0.287. The van der Waals surface area contributed by atoms with Gasteiger partial charge in [0.1, 0.15) is 11.8 Å². The van der Waals surface area contributed by atoms with Crippen molar-refractivity contribution < 1.29 is 4.42 Å². The van der Waals surface area contributed by atoms with E-state index in [1.165, 1.54) is 5.56 Å². The Morgan fingerprint density at radius 2 is 2.11 bits per heavy atom. The molecule has 3 heteroatoms. The molecule has 0 radical (unpaired) electrons. The normalized spacial score (nSPS) is 18.3. The second kappa shape index (κ2) is 4.53. The molecular weight excluding hydrogens is 224 g/mol. The van der Waals surface area contributed by atoms with E-state index < -0.39 is 0 Å². The number of benzene rings is 1. The molecule has 1 aromatic heterocycles. The van der Waals surface area contributed by atoms with Gasteiger partial charge in [-0.1, -0.05) is 30.3 Å². The Kier molecular flexibility index (Phi) is 2.73.